The van der Waals surface area contributed by atoms with Crippen LogP contribution in [0.3, 0.4) is 0 Å². The predicted molar refractivity (Wildman–Crippen MR) is 247 cm³/mol. The number of thiophene rings is 1. The fourth-order valence-corrected chi connectivity index (χ4v) is 9.74. The van der Waals surface area contributed by atoms with Crippen molar-refractivity contribution >= 4 is 82.8 Å². The minimum absolute atomic E-state index is 0.560. The van der Waals surface area contributed by atoms with Gasteiger partial charge in [-0.15, -0.1) is 11.3 Å². The maximum atomic E-state index is 5.27. The van der Waals surface area contributed by atoms with E-state index in [2.05, 4.69) is 173 Å². The van der Waals surface area contributed by atoms with Crippen LogP contribution in [-0.2, 0) is 0 Å². The van der Waals surface area contributed by atoms with E-state index in [1.807, 2.05) is 47.7 Å². The maximum absolute atomic E-state index is 5.27. The Morgan fingerprint density at radius 2 is 0.966 bits per heavy atom. The molecule has 0 amide bonds. The molecule has 276 valence electrons. The Hall–Kier alpha value is -7.67. The lowest BCUT2D eigenvalue weighted by Gasteiger charge is -2.26. The monoisotopic (exact) mass is 771 g/mol. The molecule has 6 heteroatoms. The van der Waals surface area contributed by atoms with Crippen LogP contribution in [0.1, 0.15) is 11.1 Å². The van der Waals surface area contributed by atoms with Crippen LogP contribution in [0.5, 0.6) is 0 Å². The summed E-state index contributed by atoms with van der Waals surface area (Å²) in [5.74, 6) is 1.80. The van der Waals surface area contributed by atoms with E-state index in [0.29, 0.717) is 17.6 Å². The largest absolute Gasteiger partial charge is 0.309 e. The van der Waals surface area contributed by atoms with Crippen LogP contribution < -0.4 is 4.90 Å². The molecule has 0 atom stereocenters. The van der Waals surface area contributed by atoms with Gasteiger partial charge in [0.25, 0.3) is 0 Å². The molecule has 0 saturated heterocycles. The fourth-order valence-electron chi connectivity index (χ4n) is 8.60. The summed E-state index contributed by atoms with van der Waals surface area (Å²) in [6, 6.07) is 66.6. The van der Waals surface area contributed by atoms with Gasteiger partial charge in [-0.05, 0) is 71.3 Å². The van der Waals surface area contributed by atoms with E-state index in [9.17, 15) is 0 Å². The molecule has 1 aliphatic rings. The van der Waals surface area contributed by atoms with Crippen molar-refractivity contribution in [1.29, 1.82) is 0 Å². The smallest absolute Gasteiger partial charge is 0.238 e. The molecular weight excluding hydrogens is 739 g/mol. The summed E-state index contributed by atoms with van der Waals surface area (Å²) in [6.45, 7) is 0. The van der Waals surface area contributed by atoms with Crippen molar-refractivity contribution in [1.82, 2.24) is 19.5 Å². The molecule has 0 spiro atoms. The fraction of sp³-hybridized carbons (Fsp3) is 0. The average Bonchev–Trinajstić information content (AvgIpc) is 3.78. The van der Waals surface area contributed by atoms with Gasteiger partial charge in [0.15, 0.2) is 11.6 Å². The number of anilines is 3. The normalized spacial score (nSPS) is 12.3. The summed E-state index contributed by atoms with van der Waals surface area (Å²) in [6.07, 6.45) is 4.49. The standard InChI is InChI=1S/C53H33N5S/c1-4-14-34(15-5-1)51-54-52(35-16-6-2-7-17-35)56-53(55-51)58-45-29-27-36(30-38(45)24-25-39-32-50-44(33-47(39)58)43-21-11-13-23-49(43)59-50)37-26-28-42-41-20-10-12-22-46(41)57(48(42)31-37)40-18-8-3-9-19-40/h1-33H. The van der Waals surface area contributed by atoms with Crippen molar-refractivity contribution < 1.29 is 0 Å². The first-order valence-electron chi connectivity index (χ1n) is 19.8. The number of para-hydroxylation sites is 2. The Morgan fingerprint density at radius 3 is 1.71 bits per heavy atom. The molecule has 0 N–H and O–H groups in total. The number of hydrogen-bond acceptors (Lipinski definition) is 5. The summed E-state index contributed by atoms with van der Waals surface area (Å²) in [4.78, 5) is 17.8. The van der Waals surface area contributed by atoms with E-state index < -0.39 is 0 Å². The SMILES string of the molecule is C1=Cc2cc3sc4ccccc4c3cc2N(c2nc(-c3ccccc3)nc(-c3ccccc3)n2)c2ccc(-c3ccc4c5ccccc5n(-c5ccccc5)c4c3)cc21. The van der Waals surface area contributed by atoms with Gasteiger partial charge in [-0.2, -0.15) is 9.97 Å². The van der Waals surface area contributed by atoms with Crippen molar-refractivity contribution in [2.45, 2.75) is 0 Å². The molecular formula is C53H33N5S. The van der Waals surface area contributed by atoms with E-state index >= 15 is 0 Å². The Balaban J connectivity index is 1.08. The topological polar surface area (TPSA) is 46.8 Å². The molecule has 3 aromatic heterocycles. The third-order valence-electron chi connectivity index (χ3n) is 11.4. The number of nitrogens with zero attached hydrogens (tertiary/aromatic N) is 5. The number of hydrogen-bond donors (Lipinski definition) is 0. The molecule has 0 aliphatic carbocycles. The highest BCUT2D eigenvalue weighted by atomic mass is 32.1. The van der Waals surface area contributed by atoms with Crippen molar-refractivity contribution in [3.8, 4) is 39.6 Å². The highest BCUT2D eigenvalue weighted by molar-refractivity contribution is 7.25. The molecule has 11 aromatic rings. The van der Waals surface area contributed by atoms with Gasteiger partial charge in [0, 0.05) is 53.3 Å². The Kier molecular flexibility index (Phi) is 7.64. The summed E-state index contributed by atoms with van der Waals surface area (Å²) in [5, 5.41) is 4.93. The van der Waals surface area contributed by atoms with E-state index in [4.69, 9.17) is 15.0 Å². The molecule has 4 heterocycles. The molecule has 12 rings (SSSR count). The van der Waals surface area contributed by atoms with Gasteiger partial charge in [-0.3, -0.25) is 4.90 Å². The van der Waals surface area contributed by atoms with Crippen molar-refractivity contribution in [3.63, 3.8) is 0 Å². The predicted octanol–water partition coefficient (Wildman–Crippen LogP) is 14.3. The van der Waals surface area contributed by atoms with Crippen LogP contribution in [0.25, 0.3) is 93.7 Å². The van der Waals surface area contributed by atoms with Crippen LogP contribution >= 0.6 is 11.3 Å². The molecule has 59 heavy (non-hydrogen) atoms. The van der Waals surface area contributed by atoms with Gasteiger partial charge in [0.1, 0.15) is 0 Å². The molecule has 8 aromatic carbocycles. The lowest BCUT2D eigenvalue weighted by Crippen LogP contribution is -2.16. The summed E-state index contributed by atoms with van der Waals surface area (Å²) >= 11 is 1.83. The van der Waals surface area contributed by atoms with Gasteiger partial charge in [-0.1, -0.05) is 146 Å². The summed E-state index contributed by atoms with van der Waals surface area (Å²) in [7, 11) is 0. The number of aromatic nitrogens is 4. The van der Waals surface area contributed by atoms with Gasteiger partial charge in [-0.25, -0.2) is 4.98 Å². The van der Waals surface area contributed by atoms with Gasteiger partial charge in [0.2, 0.25) is 5.95 Å². The zero-order chi connectivity index (χ0) is 38.9. The zero-order valence-corrected chi connectivity index (χ0v) is 32.5. The third kappa shape index (κ3) is 5.57. The highest BCUT2D eigenvalue weighted by Gasteiger charge is 2.26. The Morgan fingerprint density at radius 1 is 0.373 bits per heavy atom. The third-order valence-corrected chi connectivity index (χ3v) is 12.5. The lowest BCUT2D eigenvalue weighted by atomic mass is 9.99. The summed E-state index contributed by atoms with van der Waals surface area (Å²) in [5.41, 5.74) is 11.8. The highest BCUT2D eigenvalue weighted by Crippen LogP contribution is 2.47. The van der Waals surface area contributed by atoms with E-state index in [0.717, 1.165) is 50.4 Å². The van der Waals surface area contributed by atoms with E-state index in [1.165, 1.54) is 42.0 Å². The number of benzene rings is 8. The molecule has 5 nitrogen and oxygen atoms in total. The van der Waals surface area contributed by atoms with E-state index in [1.54, 1.807) is 0 Å². The van der Waals surface area contributed by atoms with Crippen molar-refractivity contribution in [2.24, 2.45) is 0 Å². The van der Waals surface area contributed by atoms with Gasteiger partial charge < -0.3 is 4.57 Å². The second-order valence-electron chi connectivity index (χ2n) is 14.9. The van der Waals surface area contributed by atoms with Gasteiger partial charge in [0.05, 0.1) is 22.4 Å². The molecule has 0 unspecified atom stereocenters. The van der Waals surface area contributed by atoms with Crippen LogP contribution in [0.2, 0.25) is 0 Å². The Labute approximate surface area is 344 Å². The van der Waals surface area contributed by atoms with Crippen LogP contribution in [-0.4, -0.2) is 19.5 Å². The van der Waals surface area contributed by atoms with Crippen LogP contribution in [0.4, 0.5) is 17.3 Å². The second-order valence-corrected chi connectivity index (χ2v) is 16.0. The first-order chi connectivity index (χ1) is 29.2. The molecule has 1 aliphatic heterocycles. The Bertz CT molecular complexity index is 3380. The summed E-state index contributed by atoms with van der Waals surface area (Å²) < 4.78 is 4.89. The van der Waals surface area contributed by atoms with Crippen molar-refractivity contribution in [3.05, 3.63) is 199 Å². The van der Waals surface area contributed by atoms with E-state index in [-0.39, 0.29) is 0 Å². The quantitative estimate of drug-likeness (QED) is 0.175. The first kappa shape index (κ1) is 33.5. The van der Waals surface area contributed by atoms with Gasteiger partial charge >= 0.3 is 0 Å². The minimum atomic E-state index is 0.560. The lowest BCUT2D eigenvalue weighted by molar-refractivity contribution is 1.02. The zero-order valence-electron chi connectivity index (χ0n) is 31.7. The number of rotatable bonds is 5. The van der Waals surface area contributed by atoms with Crippen LogP contribution in [0, 0.1) is 0 Å². The molecule has 0 saturated carbocycles. The second kappa shape index (κ2) is 13.5. The first-order valence-corrected chi connectivity index (χ1v) is 20.6. The minimum Gasteiger partial charge on any atom is -0.309 e. The number of fused-ring (bicyclic) bond motifs is 8. The molecule has 0 bridgehead atoms. The average molecular weight is 772 g/mol. The van der Waals surface area contributed by atoms with Crippen molar-refractivity contribution in [2.75, 3.05) is 4.90 Å². The molecule has 0 radical (unpaired) electrons. The maximum Gasteiger partial charge on any atom is 0.238 e. The van der Waals surface area contributed by atoms with Crippen LogP contribution in [0.15, 0.2) is 188 Å². The molecule has 0 fully saturated rings.